The topological polar surface area (TPSA) is 75.3 Å². The molecule has 3 aromatic carbocycles. The molecular weight excluding hydrogens is 641 g/mol. The van der Waals surface area contributed by atoms with E-state index in [1.807, 2.05) is 37.3 Å². The van der Waals surface area contributed by atoms with Gasteiger partial charge < -0.3 is 0 Å². The number of carbonyl (C=O) groups is 1. The zero-order valence-electron chi connectivity index (χ0n) is 18.1. The van der Waals surface area contributed by atoms with Crippen LogP contribution in [0.15, 0.2) is 70.0 Å². The third-order valence-electron chi connectivity index (χ3n) is 5.41. The number of anilines is 1. The first kappa shape index (κ1) is 25.1. The van der Waals surface area contributed by atoms with E-state index in [4.69, 9.17) is 0 Å². The first-order chi connectivity index (χ1) is 16.2. The van der Waals surface area contributed by atoms with Gasteiger partial charge >= 0.3 is 214 Å². The normalized spacial score (nSPS) is 15.4. The predicted octanol–water partition coefficient (Wildman–Crippen LogP) is 6.10. The van der Waals surface area contributed by atoms with Crippen LogP contribution in [0.3, 0.4) is 0 Å². The molecule has 0 unspecified atom stereocenters. The summed E-state index contributed by atoms with van der Waals surface area (Å²) in [6.45, 7) is 1.82. The average molecular weight is 663 g/mol. The van der Waals surface area contributed by atoms with E-state index in [1.165, 1.54) is 0 Å². The van der Waals surface area contributed by atoms with Crippen molar-refractivity contribution in [1.82, 2.24) is 5.32 Å². The van der Waals surface area contributed by atoms with Gasteiger partial charge in [0.25, 0.3) is 0 Å². The summed E-state index contributed by atoms with van der Waals surface area (Å²) in [5.41, 5.74) is 0.973. The Hall–Kier alpha value is -2.05. The number of carbonyl (C=O) groups excluding carboxylic acids is 1. The Morgan fingerprint density at radius 1 is 1.03 bits per heavy atom. The molecule has 10 heteroatoms. The van der Waals surface area contributed by atoms with Crippen molar-refractivity contribution < 1.29 is 22.0 Å². The minimum atomic E-state index is -4.62. The van der Waals surface area contributed by atoms with Crippen molar-refractivity contribution in [3.8, 4) is 0 Å². The Morgan fingerprint density at radius 3 is 2.26 bits per heavy atom. The van der Waals surface area contributed by atoms with Gasteiger partial charge in [-0.15, -0.1) is 0 Å². The summed E-state index contributed by atoms with van der Waals surface area (Å²) in [5.74, 6) is -2.90. The molecule has 1 aliphatic heterocycles. The van der Waals surface area contributed by atoms with Crippen molar-refractivity contribution >= 4 is 57.4 Å². The standard InChI is InChI=1S/C24H22BrF2IN2O3S/c1-15(16-6-8-17(25)9-7-16)29-24(31)19-11-10-18(28-12-3-13-28)14-22(19)30-34(32,33)23-20(26)4-2-5-21(23)27/h2,4-11,14-15,30H,3,12-13H2,1H3,(H,29,31)/t15-/m0/s1. The van der Waals surface area contributed by atoms with E-state index in [0.29, 0.717) is 0 Å². The number of hydrogen-bond acceptors (Lipinski definition) is 3. The van der Waals surface area contributed by atoms with Crippen LogP contribution in [0.4, 0.5) is 14.5 Å². The molecule has 0 aromatic heterocycles. The molecule has 0 radical (unpaired) electrons. The SMILES string of the molecule is C[C@H](NC(=O)c1ccc(I2CCC2)cc1NS(=O)(=O)c1c(F)cccc1F)c1ccc(Br)cc1. The van der Waals surface area contributed by atoms with Crippen molar-refractivity contribution in [3.05, 3.63) is 91.5 Å². The maximum atomic E-state index is 14.2. The second-order valence-corrected chi connectivity index (χ2v) is 16.3. The number of hydrogen-bond donors (Lipinski definition) is 2. The van der Waals surface area contributed by atoms with Crippen LogP contribution in [0.2, 0.25) is 0 Å². The zero-order chi connectivity index (χ0) is 24.5. The van der Waals surface area contributed by atoms with Gasteiger partial charge in [-0.25, -0.2) is 0 Å². The summed E-state index contributed by atoms with van der Waals surface area (Å²) in [7, 11) is -4.62. The summed E-state index contributed by atoms with van der Waals surface area (Å²) >= 11 is 1.99. The molecule has 2 N–H and O–H groups in total. The summed E-state index contributed by atoms with van der Waals surface area (Å²) in [4.78, 5) is 12.1. The molecule has 1 fully saturated rings. The van der Waals surface area contributed by atoms with Gasteiger partial charge in [0.05, 0.1) is 0 Å². The fourth-order valence-corrected chi connectivity index (χ4v) is 9.18. The van der Waals surface area contributed by atoms with Crippen LogP contribution in [0.25, 0.3) is 0 Å². The first-order valence-electron chi connectivity index (χ1n) is 10.4. The van der Waals surface area contributed by atoms with Gasteiger partial charge in [0.1, 0.15) is 0 Å². The van der Waals surface area contributed by atoms with Gasteiger partial charge in [0, 0.05) is 0 Å². The summed E-state index contributed by atoms with van der Waals surface area (Å²) in [6.07, 6.45) is 1.14. The Bertz CT molecular complexity index is 1310. The molecule has 0 saturated carbocycles. The van der Waals surface area contributed by atoms with E-state index >= 15 is 0 Å². The third-order valence-corrected chi connectivity index (χ3v) is 13.9. The molecule has 1 atom stereocenters. The summed E-state index contributed by atoms with van der Waals surface area (Å²) in [5, 5.41) is 2.87. The summed E-state index contributed by atoms with van der Waals surface area (Å²) in [6, 6.07) is 15.1. The van der Waals surface area contributed by atoms with Crippen LogP contribution in [-0.2, 0) is 10.0 Å². The van der Waals surface area contributed by atoms with Gasteiger partial charge in [-0.05, 0) is 0 Å². The average Bonchev–Trinajstić information content (AvgIpc) is 2.72. The quantitative estimate of drug-likeness (QED) is 0.237. The van der Waals surface area contributed by atoms with Crippen molar-refractivity contribution in [2.24, 2.45) is 0 Å². The van der Waals surface area contributed by atoms with Crippen LogP contribution < -0.4 is 10.0 Å². The molecule has 1 heterocycles. The first-order valence-corrected chi connectivity index (χ1v) is 16.9. The van der Waals surface area contributed by atoms with Crippen LogP contribution >= 0.6 is 35.7 Å². The van der Waals surface area contributed by atoms with E-state index in [1.54, 1.807) is 12.1 Å². The second-order valence-electron chi connectivity index (χ2n) is 7.78. The number of benzene rings is 3. The Balaban J connectivity index is 1.67. The number of nitrogens with one attached hydrogen (secondary N) is 2. The van der Waals surface area contributed by atoms with Crippen LogP contribution in [0, 0.1) is 15.2 Å². The molecule has 180 valence electrons. The van der Waals surface area contributed by atoms with Gasteiger partial charge in [-0.3, -0.25) is 0 Å². The van der Waals surface area contributed by atoms with Crippen LogP contribution in [-0.4, -0.2) is 23.2 Å². The maximum absolute atomic E-state index is 14.2. The monoisotopic (exact) mass is 662 g/mol. The Labute approximate surface area is 212 Å². The van der Waals surface area contributed by atoms with Crippen LogP contribution in [0.5, 0.6) is 0 Å². The van der Waals surface area contributed by atoms with Gasteiger partial charge in [0.15, 0.2) is 0 Å². The molecule has 34 heavy (non-hydrogen) atoms. The molecule has 0 aliphatic carbocycles. The molecule has 3 aromatic rings. The zero-order valence-corrected chi connectivity index (χ0v) is 22.7. The predicted molar refractivity (Wildman–Crippen MR) is 141 cm³/mol. The van der Waals surface area contributed by atoms with Gasteiger partial charge in [-0.2, -0.15) is 0 Å². The Kier molecular flexibility index (Phi) is 7.58. The third kappa shape index (κ3) is 5.44. The number of alkyl halides is 2. The van der Waals surface area contributed by atoms with E-state index < -0.39 is 52.3 Å². The van der Waals surface area contributed by atoms with E-state index in [2.05, 4.69) is 26.0 Å². The van der Waals surface area contributed by atoms with Crippen molar-refractivity contribution in [3.63, 3.8) is 0 Å². The van der Waals surface area contributed by atoms with E-state index in [0.717, 1.165) is 47.1 Å². The molecule has 0 bridgehead atoms. The fraction of sp³-hybridized carbons (Fsp3) is 0.208. The number of sulfonamides is 1. The van der Waals surface area contributed by atoms with Crippen molar-refractivity contribution in [2.45, 2.75) is 24.3 Å². The molecule has 1 saturated heterocycles. The summed E-state index contributed by atoms with van der Waals surface area (Å²) < 4.78 is 60.8. The Morgan fingerprint density at radius 2 is 1.68 bits per heavy atom. The molecule has 1 aliphatic rings. The van der Waals surface area contributed by atoms with Gasteiger partial charge in [-0.1, -0.05) is 0 Å². The van der Waals surface area contributed by atoms with Crippen molar-refractivity contribution in [1.29, 1.82) is 0 Å². The minimum absolute atomic E-state index is 0.0184. The van der Waals surface area contributed by atoms with E-state index in [9.17, 15) is 22.0 Å². The molecule has 5 nitrogen and oxygen atoms in total. The van der Waals surface area contributed by atoms with Gasteiger partial charge in [0.2, 0.25) is 0 Å². The number of amides is 1. The second kappa shape index (κ2) is 10.3. The molecular formula is C24H22BrF2IN2O3S. The van der Waals surface area contributed by atoms with E-state index in [-0.39, 0.29) is 17.3 Å². The molecule has 0 spiro atoms. The molecule has 4 rings (SSSR count). The fourth-order valence-electron chi connectivity index (χ4n) is 3.49. The molecule has 1 amide bonds. The number of rotatable bonds is 7. The van der Waals surface area contributed by atoms with Crippen LogP contribution in [0.1, 0.15) is 35.3 Å². The number of halogens is 4. The van der Waals surface area contributed by atoms with Crippen molar-refractivity contribution in [2.75, 3.05) is 13.6 Å².